The van der Waals surface area contributed by atoms with Gasteiger partial charge in [0.2, 0.25) is 11.8 Å². The maximum absolute atomic E-state index is 11.8. The van der Waals surface area contributed by atoms with Gasteiger partial charge in [0, 0.05) is 13.1 Å². The second-order valence-electron chi connectivity index (χ2n) is 3.78. The Kier molecular flexibility index (Phi) is 5.35. The fourth-order valence-electron chi connectivity index (χ4n) is 1.67. The summed E-state index contributed by atoms with van der Waals surface area (Å²) in [5.74, 6) is 1.20. The van der Waals surface area contributed by atoms with Gasteiger partial charge in [-0.05, 0) is 20.8 Å². The standard InChI is InChI=1S/C12H20N4O2/c1-5-16(6-2)10(17)7-13-11-9(3)12(18-4)15-8-14-11/h8H,5-7H2,1-4H3,(H,13,14,15). The summed E-state index contributed by atoms with van der Waals surface area (Å²) < 4.78 is 5.10. The third-order valence-electron chi connectivity index (χ3n) is 2.75. The molecule has 0 radical (unpaired) electrons. The molecule has 18 heavy (non-hydrogen) atoms. The fraction of sp³-hybridized carbons (Fsp3) is 0.583. The van der Waals surface area contributed by atoms with Crippen LogP contribution in [0.15, 0.2) is 6.33 Å². The topological polar surface area (TPSA) is 67.4 Å². The zero-order chi connectivity index (χ0) is 13.5. The van der Waals surface area contributed by atoms with E-state index in [0.29, 0.717) is 24.8 Å². The van der Waals surface area contributed by atoms with Crippen LogP contribution in [0.4, 0.5) is 5.82 Å². The Morgan fingerprint density at radius 3 is 2.61 bits per heavy atom. The molecule has 1 rings (SSSR count). The fourth-order valence-corrected chi connectivity index (χ4v) is 1.67. The third kappa shape index (κ3) is 3.32. The summed E-state index contributed by atoms with van der Waals surface area (Å²) in [5, 5.41) is 3.01. The van der Waals surface area contributed by atoms with Crippen LogP contribution in [0.3, 0.4) is 0 Å². The van der Waals surface area contributed by atoms with Gasteiger partial charge in [0.15, 0.2) is 0 Å². The molecule has 0 atom stereocenters. The van der Waals surface area contributed by atoms with E-state index in [2.05, 4.69) is 15.3 Å². The molecule has 0 aromatic carbocycles. The summed E-state index contributed by atoms with van der Waals surface area (Å²) >= 11 is 0. The van der Waals surface area contributed by atoms with Crippen molar-refractivity contribution in [3.63, 3.8) is 0 Å². The lowest BCUT2D eigenvalue weighted by atomic mass is 10.3. The van der Waals surface area contributed by atoms with Crippen molar-refractivity contribution in [2.45, 2.75) is 20.8 Å². The van der Waals surface area contributed by atoms with Crippen molar-refractivity contribution in [1.82, 2.24) is 14.9 Å². The normalized spacial score (nSPS) is 10.0. The molecule has 0 saturated carbocycles. The number of hydrogen-bond acceptors (Lipinski definition) is 5. The monoisotopic (exact) mass is 252 g/mol. The number of nitrogens with zero attached hydrogens (tertiary/aromatic N) is 3. The van der Waals surface area contributed by atoms with Crippen LogP contribution >= 0.6 is 0 Å². The Morgan fingerprint density at radius 2 is 2.06 bits per heavy atom. The van der Waals surface area contributed by atoms with E-state index in [1.807, 2.05) is 20.8 Å². The van der Waals surface area contributed by atoms with Gasteiger partial charge in [-0.1, -0.05) is 0 Å². The third-order valence-corrected chi connectivity index (χ3v) is 2.75. The van der Waals surface area contributed by atoms with Gasteiger partial charge in [0.1, 0.15) is 12.1 Å². The van der Waals surface area contributed by atoms with Crippen LogP contribution in [0.25, 0.3) is 0 Å². The van der Waals surface area contributed by atoms with E-state index in [0.717, 1.165) is 5.56 Å². The molecular formula is C12H20N4O2. The highest BCUT2D eigenvalue weighted by atomic mass is 16.5. The summed E-state index contributed by atoms with van der Waals surface area (Å²) in [4.78, 5) is 21.7. The van der Waals surface area contributed by atoms with Crippen molar-refractivity contribution in [2.24, 2.45) is 0 Å². The molecule has 6 nitrogen and oxygen atoms in total. The van der Waals surface area contributed by atoms with Crippen molar-refractivity contribution < 1.29 is 9.53 Å². The average molecular weight is 252 g/mol. The van der Waals surface area contributed by atoms with Gasteiger partial charge in [-0.25, -0.2) is 9.97 Å². The van der Waals surface area contributed by atoms with Crippen LogP contribution in [0.1, 0.15) is 19.4 Å². The Hall–Kier alpha value is -1.85. The SMILES string of the molecule is CCN(CC)C(=O)CNc1ncnc(OC)c1C. The largest absolute Gasteiger partial charge is 0.481 e. The highest BCUT2D eigenvalue weighted by Crippen LogP contribution is 2.19. The zero-order valence-electron chi connectivity index (χ0n) is 11.4. The number of rotatable bonds is 6. The highest BCUT2D eigenvalue weighted by molar-refractivity contribution is 5.80. The van der Waals surface area contributed by atoms with Gasteiger partial charge in [-0.3, -0.25) is 4.79 Å². The first kappa shape index (κ1) is 14.2. The van der Waals surface area contributed by atoms with Gasteiger partial charge in [0.05, 0.1) is 19.2 Å². The van der Waals surface area contributed by atoms with E-state index in [1.165, 1.54) is 6.33 Å². The van der Waals surface area contributed by atoms with Crippen molar-refractivity contribution >= 4 is 11.7 Å². The van der Waals surface area contributed by atoms with Gasteiger partial charge >= 0.3 is 0 Å². The van der Waals surface area contributed by atoms with Crippen molar-refractivity contribution in [1.29, 1.82) is 0 Å². The number of methoxy groups -OCH3 is 1. The number of hydrogen-bond donors (Lipinski definition) is 1. The molecule has 0 saturated heterocycles. The maximum Gasteiger partial charge on any atom is 0.241 e. The van der Waals surface area contributed by atoms with E-state index in [1.54, 1.807) is 12.0 Å². The van der Waals surface area contributed by atoms with Crippen LogP contribution in [0, 0.1) is 6.92 Å². The van der Waals surface area contributed by atoms with Crippen LogP contribution in [-0.2, 0) is 4.79 Å². The quantitative estimate of drug-likeness (QED) is 0.820. The first-order valence-corrected chi connectivity index (χ1v) is 6.01. The molecule has 0 aliphatic carbocycles. The highest BCUT2D eigenvalue weighted by Gasteiger charge is 2.11. The van der Waals surface area contributed by atoms with Gasteiger partial charge in [-0.15, -0.1) is 0 Å². The van der Waals surface area contributed by atoms with Crippen molar-refractivity contribution in [3.05, 3.63) is 11.9 Å². The van der Waals surface area contributed by atoms with Crippen LogP contribution in [-0.4, -0.2) is 47.5 Å². The smallest absolute Gasteiger partial charge is 0.241 e. The second kappa shape index (κ2) is 6.78. The number of amides is 1. The number of nitrogens with one attached hydrogen (secondary N) is 1. The molecule has 0 bridgehead atoms. The molecule has 100 valence electrons. The van der Waals surface area contributed by atoms with Gasteiger partial charge in [-0.2, -0.15) is 0 Å². The summed E-state index contributed by atoms with van der Waals surface area (Å²) in [6.07, 6.45) is 1.41. The number of carbonyl (C=O) groups excluding carboxylic acids is 1. The summed E-state index contributed by atoms with van der Waals surface area (Å²) in [6.45, 7) is 7.42. The molecule has 0 unspecified atom stereocenters. The lowest BCUT2D eigenvalue weighted by molar-refractivity contribution is -0.128. The molecule has 0 spiro atoms. The Bertz CT molecular complexity index is 405. The molecule has 1 N–H and O–H groups in total. The Morgan fingerprint density at radius 1 is 1.39 bits per heavy atom. The maximum atomic E-state index is 11.8. The minimum absolute atomic E-state index is 0.0528. The van der Waals surface area contributed by atoms with E-state index in [-0.39, 0.29) is 12.5 Å². The minimum atomic E-state index is 0.0528. The number of likely N-dealkylation sites (N-methyl/N-ethyl adjacent to an activating group) is 1. The number of ether oxygens (including phenoxy) is 1. The van der Waals surface area contributed by atoms with E-state index < -0.39 is 0 Å². The van der Waals surface area contributed by atoms with Gasteiger partial charge in [0.25, 0.3) is 0 Å². The predicted octanol–water partition coefficient (Wildman–Crippen LogP) is 1.07. The van der Waals surface area contributed by atoms with Crippen molar-refractivity contribution in [2.75, 3.05) is 32.1 Å². The molecule has 0 fully saturated rings. The predicted molar refractivity (Wildman–Crippen MR) is 69.7 cm³/mol. The van der Waals surface area contributed by atoms with Crippen molar-refractivity contribution in [3.8, 4) is 5.88 Å². The molecule has 0 aliphatic heterocycles. The summed E-state index contributed by atoms with van der Waals surface area (Å²) in [5.41, 5.74) is 0.798. The number of carbonyl (C=O) groups is 1. The molecule has 6 heteroatoms. The molecule has 1 aromatic rings. The number of anilines is 1. The Labute approximate surface area is 107 Å². The summed E-state index contributed by atoms with van der Waals surface area (Å²) in [7, 11) is 1.56. The van der Waals surface area contributed by atoms with Crippen LogP contribution in [0.5, 0.6) is 5.88 Å². The average Bonchev–Trinajstić information content (AvgIpc) is 2.39. The second-order valence-corrected chi connectivity index (χ2v) is 3.78. The minimum Gasteiger partial charge on any atom is -0.481 e. The lowest BCUT2D eigenvalue weighted by Crippen LogP contribution is -2.35. The zero-order valence-corrected chi connectivity index (χ0v) is 11.4. The molecule has 0 aliphatic rings. The van der Waals surface area contributed by atoms with Crippen LogP contribution < -0.4 is 10.1 Å². The first-order valence-electron chi connectivity index (χ1n) is 6.01. The molecule has 1 aromatic heterocycles. The molecule has 1 heterocycles. The first-order chi connectivity index (χ1) is 8.63. The van der Waals surface area contributed by atoms with E-state index in [4.69, 9.17) is 4.74 Å². The number of aromatic nitrogens is 2. The molecule has 1 amide bonds. The van der Waals surface area contributed by atoms with E-state index in [9.17, 15) is 4.79 Å². The lowest BCUT2D eigenvalue weighted by Gasteiger charge is -2.19. The summed E-state index contributed by atoms with van der Waals surface area (Å²) in [6, 6.07) is 0. The van der Waals surface area contributed by atoms with Gasteiger partial charge < -0.3 is 15.0 Å². The van der Waals surface area contributed by atoms with Crippen LogP contribution in [0.2, 0.25) is 0 Å². The molecular weight excluding hydrogens is 232 g/mol. The Balaban J connectivity index is 2.66. The van der Waals surface area contributed by atoms with E-state index >= 15 is 0 Å².